The molecule has 6 nitrogen and oxygen atoms in total. The zero-order valence-electron chi connectivity index (χ0n) is 12.7. The third-order valence-corrected chi connectivity index (χ3v) is 3.67. The third-order valence-electron chi connectivity index (χ3n) is 3.67. The van der Waals surface area contributed by atoms with Crippen LogP contribution < -0.4 is 4.74 Å². The molecular formula is C18H13N5O. The second-order valence-electron chi connectivity index (χ2n) is 5.32. The Balaban J connectivity index is 1.49. The van der Waals surface area contributed by atoms with Gasteiger partial charge in [0.05, 0.1) is 22.7 Å². The Kier molecular flexibility index (Phi) is 3.45. The Labute approximate surface area is 137 Å². The second-order valence-corrected chi connectivity index (χ2v) is 5.32. The SMILES string of the molecule is N#Cc1ccc(COc2cc(-c3nc4ccccc4[nH]3)[nH]n2)cc1. The highest BCUT2D eigenvalue weighted by Crippen LogP contribution is 2.22. The molecule has 4 aromatic rings. The van der Waals surface area contributed by atoms with Crippen molar-refractivity contribution in [1.82, 2.24) is 20.2 Å². The van der Waals surface area contributed by atoms with Crippen molar-refractivity contribution in [3.8, 4) is 23.5 Å². The molecule has 0 saturated heterocycles. The molecule has 0 aliphatic heterocycles. The van der Waals surface area contributed by atoms with Gasteiger partial charge in [-0.15, -0.1) is 5.10 Å². The number of para-hydroxylation sites is 2. The van der Waals surface area contributed by atoms with E-state index in [1.54, 1.807) is 18.2 Å². The Morgan fingerprint density at radius 1 is 1.08 bits per heavy atom. The summed E-state index contributed by atoms with van der Waals surface area (Å²) in [5.41, 5.74) is 4.25. The van der Waals surface area contributed by atoms with E-state index in [4.69, 9.17) is 10.00 Å². The van der Waals surface area contributed by atoms with Crippen LogP contribution in [0.2, 0.25) is 0 Å². The van der Waals surface area contributed by atoms with Crippen LogP contribution in [0.1, 0.15) is 11.1 Å². The van der Waals surface area contributed by atoms with Crippen molar-refractivity contribution in [2.45, 2.75) is 6.61 Å². The van der Waals surface area contributed by atoms with Crippen molar-refractivity contribution >= 4 is 11.0 Å². The van der Waals surface area contributed by atoms with E-state index in [1.807, 2.05) is 36.4 Å². The van der Waals surface area contributed by atoms with Crippen LogP contribution in [-0.4, -0.2) is 20.2 Å². The van der Waals surface area contributed by atoms with Gasteiger partial charge in [-0.3, -0.25) is 5.10 Å². The van der Waals surface area contributed by atoms with Crippen molar-refractivity contribution < 1.29 is 4.74 Å². The van der Waals surface area contributed by atoms with Crippen LogP contribution in [0.4, 0.5) is 0 Å². The summed E-state index contributed by atoms with van der Waals surface area (Å²) in [5.74, 6) is 1.21. The predicted molar refractivity (Wildman–Crippen MR) is 89.2 cm³/mol. The molecule has 0 bridgehead atoms. The quantitative estimate of drug-likeness (QED) is 0.604. The summed E-state index contributed by atoms with van der Waals surface area (Å²) < 4.78 is 5.67. The van der Waals surface area contributed by atoms with Gasteiger partial charge in [0.15, 0.2) is 5.82 Å². The van der Waals surface area contributed by atoms with E-state index in [0.29, 0.717) is 18.1 Å². The Hall–Kier alpha value is -3.59. The molecule has 0 aliphatic carbocycles. The summed E-state index contributed by atoms with van der Waals surface area (Å²) in [5, 5.41) is 15.9. The molecule has 2 aromatic carbocycles. The summed E-state index contributed by atoms with van der Waals surface area (Å²) in [4.78, 5) is 7.76. The smallest absolute Gasteiger partial charge is 0.233 e. The van der Waals surface area contributed by atoms with Gasteiger partial charge >= 0.3 is 0 Å². The molecule has 0 amide bonds. The van der Waals surface area contributed by atoms with Crippen molar-refractivity contribution in [3.05, 3.63) is 65.7 Å². The number of nitrogens with zero attached hydrogens (tertiary/aromatic N) is 3. The zero-order chi connectivity index (χ0) is 16.4. The lowest BCUT2D eigenvalue weighted by Crippen LogP contribution is -1.95. The fourth-order valence-electron chi connectivity index (χ4n) is 2.41. The Morgan fingerprint density at radius 2 is 1.92 bits per heavy atom. The van der Waals surface area contributed by atoms with Crippen LogP contribution in [-0.2, 0) is 6.61 Å². The molecule has 0 unspecified atom stereocenters. The lowest BCUT2D eigenvalue weighted by atomic mass is 10.2. The van der Waals surface area contributed by atoms with Crippen LogP contribution in [0.3, 0.4) is 0 Å². The first-order chi connectivity index (χ1) is 11.8. The number of ether oxygens (including phenoxy) is 1. The van der Waals surface area contributed by atoms with Crippen molar-refractivity contribution in [1.29, 1.82) is 5.26 Å². The maximum atomic E-state index is 8.80. The number of aromatic nitrogens is 4. The van der Waals surface area contributed by atoms with E-state index in [9.17, 15) is 0 Å². The molecule has 4 rings (SSSR count). The van der Waals surface area contributed by atoms with Gasteiger partial charge in [-0.1, -0.05) is 24.3 Å². The maximum absolute atomic E-state index is 8.80. The number of nitrogens with one attached hydrogen (secondary N) is 2. The lowest BCUT2D eigenvalue weighted by Gasteiger charge is -2.02. The first-order valence-corrected chi connectivity index (χ1v) is 7.44. The highest BCUT2D eigenvalue weighted by Gasteiger charge is 2.09. The summed E-state index contributed by atoms with van der Waals surface area (Å²) in [7, 11) is 0. The zero-order valence-corrected chi connectivity index (χ0v) is 12.7. The number of imidazole rings is 1. The maximum Gasteiger partial charge on any atom is 0.233 e. The molecule has 0 atom stereocenters. The normalized spacial score (nSPS) is 10.6. The minimum Gasteiger partial charge on any atom is -0.472 e. The highest BCUT2D eigenvalue weighted by atomic mass is 16.5. The van der Waals surface area contributed by atoms with E-state index in [0.717, 1.165) is 28.1 Å². The van der Waals surface area contributed by atoms with Gasteiger partial charge in [0, 0.05) is 6.07 Å². The monoisotopic (exact) mass is 315 g/mol. The van der Waals surface area contributed by atoms with Crippen LogP contribution in [0.15, 0.2) is 54.6 Å². The fraction of sp³-hybridized carbons (Fsp3) is 0.0556. The van der Waals surface area contributed by atoms with Gasteiger partial charge in [0.2, 0.25) is 5.88 Å². The van der Waals surface area contributed by atoms with E-state index in [2.05, 4.69) is 26.2 Å². The molecule has 0 saturated carbocycles. The fourth-order valence-corrected chi connectivity index (χ4v) is 2.41. The standard InChI is InChI=1S/C18H13N5O/c19-10-12-5-7-13(8-6-12)11-24-17-9-16(22-23-17)18-20-14-3-1-2-4-15(14)21-18/h1-9H,11H2,(H,20,21)(H,22,23). The Morgan fingerprint density at radius 3 is 2.71 bits per heavy atom. The average Bonchev–Trinajstić information content (AvgIpc) is 3.27. The topological polar surface area (TPSA) is 90.4 Å². The van der Waals surface area contributed by atoms with Gasteiger partial charge in [0.25, 0.3) is 0 Å². The number of nitriles is 1. The van der Waals surface area contributed by atoms with E-state index in [1.165, 1.54) is 0 Å². The van der Waals surface area contributed by atoms with Crippen LogP contribution in [0.25, 0.3) is 22.6 Å². The van der Waals surface area contributed by atoms with Crippen molar-refractivity contribution in [2.75, 3.05) is 0 Å². The number of hydrogen-bond acceptors (Lipinski definition) is 4. The minimum atomic E-state index is 0.385. The molecule has 0 spiro atoms. The molecule has 2 heterocycles. The van der Waals surface area contributed by atoms with Gasteiger partial charge in [0.1, 0.15) is 12.3 Å². The molecule has 0 fully saturated rings. The second kappa shape index (κ2) is 5.89. The number of fused-ring (bicyclic) bond motifs is 1. The van der Waals surface area contributed by atoms with E-state index in [-0.39, 0.29) is 0 Å². The number of H-pyrrole nitrogens is 2. The first-order valence-electron chi connectivity index (χ1n) is 7.44. The first kappa shape index (κ1) is 14.0. The minimum absolute atomic E-state index is 0.385. The van der Waals surface area contributed by atoms with Gasteiger partial charge in [-0.25, -0.2) is 4.98 Å². The van der Waals surface area contributed by atoms with Gasteiger partial charge in [-0.05, 0) is 29.8 Å². The molecule has 24 heavy (non-hydrogen) atoms. The van der Waals surface area contributed by atoms with E-state index < -0.39 is 0 Å². The lowest BCUT2D eigenvalue weighted by molar-refractivity contribution is 0.293. The number of aromatic amines is 2. The highest BCUT2D eigenvalue weighted by molar-refractivity contribution is 5.78. The van der Waals surface area contributed by atoms with Crippen LogP contribution in [0, 0.1) is 11.3 Å². The Bertz CT molecular complexity index is 990. The number of benzene rings is 2. The van der Waals surface area contributed by atoms with Crippen LogP contribution >= 0.6 is 0 Å². The summed E-state index contributed by atoms with van der Waals surface area (Å²) in [6.45, 7) is 0.385. The largest absolute Gasteiger partial charge is 0.472 e. The van der Waals surface area contributed by atoms with Crippen LogP contribution in [0.5, 0.6) is 5.88 Å². The predicted octanol–water partition coefficient (Wildman–Crippen LogP) is 3.40. The molecule has 2 N–H and O–H groups in total. The molecule has 0 radical (unpaired) electrons. The van der Waals surface area contributed by atoms with Crippen molar-refractivity contribution in [2.24, 2.45) is 0 Å². The average molecular weight is 315 g/mol. The van der Waals surface area contributed by atoms with Crippen molar-refractivity contribution in [3.63, 3.8) is 0 Å². The summed E-state index contributed by atoms with van der Waals surface area (Å²) >= 11 is 0. The molecule has 116 valence electrons. The summed E-state index contributed by atoms with van der Waals surface area (Å²) in [6.07, 6.45) is 0. The van der Waals surface area contributed by atoms with Gasteiger partial charge in [-0.2, -0.15) is 5.26 Å². The van der Waals surface area contributed by atoms with E-state index >= 15 is 0 Å². The number of rotatable bonds is 4. The molecule has 0 aliphatic rings. The van der Waals surface area contributed by atoms with Gasteiger partial charge < -0.3 is 9.72 Å². The molecule has 2 aromatic heterocycles. The molecule has 6 heteroatoms. The third kappa shape index (κ3) is 2.71. The summed E-state index contributed by atoms with van der Waals surface area (Å²) in [6, 6.07) is 19.0. The number of hydrogen-bond donors (Lipinski definition) is 2. The molecular weight excluding hydrogens is 302 g/mol.